The van der Waals surface area contributed by atoms with Crippen LogP contribution in [0.3, 0.4) is 0 Å². The maximum Gasteiger partial charge on any atom is 0.244 e. The van der Waals surface area contributed by atoms with E-state index in [1.165, 1.54) is 33.9 Å². The lowest BCUT2D eigenvalue weighted by Crippen LogP contribution is -2.46. The number of rotatable bonds is 6. The topological polar surface area (TPSA) is 66.5 Å². The van der Waals surface area contributed by atoms with Crippen LogP contribution in [-0.2, 0) is 14.8 Å². The molecule has 8 heteroatoms. The van der Waals surface area contributed by atoms with Gasteiger partial charge in [0.15, 0.2) is 0 Å². The first-order valence-corrected chi connectivity index (χ1v) is 11.6. The fourth-order valence-electron chi connectivity index (χ4n) is 3.08. The molecule has 28 heavy (non-hydrogen) atoms. The zero-order chi connectivity index (χ0) is 20.1. The van der Waals surface area contributed by atoms with Crippen molar-refractivity contribution >= 4 is 33.3 Å². The van der Waals surface area contributed by atoms with Gasteiger partial charge in [-0.25, -0.2) is 17.1 Å². The van der Waals surface area contributed by atoms with Gasteiger partial charge in [-0.2, -0.15) is 0 Å². The molecule has 1 fully saturated rings. The Morgan fingerprint density at radius 3 is 2.54 bits per heavy atom. The first kappa shape index (κ1) is 20.7. The molecule has 1 aliphatic heterocycles. The molecule has 0 saturated carbocycles. The highest BCUT2D eigenvalue weighted by Gasteiger charge is 2.26. The number of nitrogens with one attached hydrogen (secondary N) is 1. The number of amides is 1. The molecule has 2 aromatic rings. The molecule has 2 heterocycles. The molecule has 0 unspecified atom stereocenters. The summed E-state index contributed by atoms with van der Waals surface area (Å²) in [6, 6.07) is 10.2. The average molecular weight is 423 g/mol. The molecule has 5 nitrogen and oxygen atoms in total. The van der Waals surface area contributed by atoms with Gasteiger partial charge >= 0.3 is 0 Å². The van der Waals surface area contributed by atoms with Crippen LogP contribution in [0.1, 0.15) is 24.6 Å². The van der Waals surface area contributed by atoms with Crippen molar-refractivity contribution in [3.63, 3.8) is 0 Å². The van der Waals surface area contributed by atoms with E-state index in [-0.39, 0.29) is 23.5 Å². The Kier molecular flexibility index (Phi) is 6.64. The second-order valence-corrected chi connectivity index (χ2v) is 10.00. The fraction of sp³-hybridized carbons (Fsp3) is 0.350. The fourth-order valence-corrected chi connectivity index (χ4v) is 5.13. The third-order valence-electron chi connectivity index (χ3n) is 4.71. The van der Waals surface area contributed by atoms with Crippen LogP contribution in [0.15, 0.2) is 42.5 Å². The normalized spacial score (nSPS) is 16.5. The molecule has 150 valence electrons. The Morgan fingerprint density at radius 2 is 1.89 bits per heavy atom. The highest BCUT2D eigenvalue weighted by atomic mass is 32.2. The molecule has 1 saturated heterocycles. The number of piperidine rings is 1. The van der Waals surface area contributed by atoms with Gasteiger partial charge in [0, 0.05) is 35.0 Å². The Labute approximate surface area is 168 Å². The van der Waals surface area contributed by atoms with Crippen LogP contribution in [0.5, 0.6) is 0 Å². The minimum atomic E-state index is -3.16. The summed E-state index contributed by atoms with van der Waals surface area (Å²) in [7, 11) is -3.16. The molecule has 1 amide bonds. The lowest BCUT2D eigenvalue weighted by atomic mass is 10.1. The molecular formula is C20H23FN2O3S2. The monoisotopic (exact) mass is 422 g/mol. The van der Waals surface area contributed by atoms with Gasteiger partial charge in [0.05, 0.1) is 5.75 Å². The molecule has 0 atom stereocenters. The summed E-state index contributed by atoms with van der Waals surface area (Å²) in [5, 5.41) is 2.94. The molecule has 0 radical (unpaired) electrons. The van der Waals surface area contributed by atoms with Crippen molar-refractivity contribution in [1.29, 1.82) is 0 Å². The number of carbonyl (C=O) groups is 1. The van der Waals surface area contributed by atoms with E-state index in [4.69, 9.17) is 0 Å². The van der Waals surface area contributed by atoms with Crippen molar-refractivity contribution in [2.45, 2.75) is 25.8 Å². The zero-order valence-corrected chi connectivity index (χ0v) is 17.2. The lowest BCUT2D eigenvalue weighted by Gasteiger charge is -2.31. The minimum absolute atomic E-state index is 0.0152. The highest BCUT2D eigenvalue weighted by molar-refractivity contribution is 7.89. The van der Waals surface area contributed by atoms with Crippen LogP contribution in [-0.4, -0.2) is 43.5 Å². The third kappa shape index (κ3) is 5.27. The van der Waals surface area contributed by atoms with Crippen LogP contribution >= 0.6 is 11.3 Å². The lowest BCUT2D eigenvalue weighted by molar-refractivity contribution is -0.117. The largest absolute Gasteiger partial charge is 0.350 e. The summed E-state index contributed by atoms with van der Waals surface area (Å²) in [6.07, 6.45) is 4.48. The SMILES string of the molecule is CCS(=O)(=O)N1CCC(NC(=O)/C=C/c2ccc(-c3ccc(F)cc3)s2)CC1. The van der Waals surface area contributed by atoms with Gasteiger partial charge < -0.3 is 5.32 Å². The summed E-state index contributed by atoms with van der Waals surface area (Å²) >= 11 is 1.52. The van der Waals surface area contributed by atoms with Gasteiger partial charge in [-0.15, -0.1) is 11.3 Å². The number of nitrogens with zero attached hydrogens (tertiary/aromatic N) is 1. The summed E-state index contributed by atoms with van der Waals surface area (Å²) in [4.78, 5) is 14.1. The number of carbonyl (C=O) groups excluding carboxylic acids is 1. The van der Waals surface area contributed by atoms with E-state index in [2.05, 4.69) is 5.32 Å². The van der Waals surface area contributed by atoms with Crippen LogP contribution in [0, 0.1) is 5.82 Å². The summed E-state index contributed by atoms with van der Waals surface area (Å²) < 4.78 is 38.3. The van der Waals surface area contributed by atoms with E-state index in [1.807, 2.05) is 12.1 Å². The van der Waals surface area contributed by atoms with Crippen LogP contribution < -0.4 is 5.32 Å². The van der Waals surface area contributed by atoms with E-state index in [0.717, 1.165) is 15.3 Å². The van der Waals surface area contributed by atoms with Crippen molar-refractivity contribution < 1.29 is 17.6 Å². The maximum absolute atomic E-state index is 13.0. The Hall–Kier alpha value is -2.03. The van der Waals surface area contributed by atoms with E-state index >= 15 is 0 Å². The van der Waals surface area contributed by atoms with Crippen molar-refractivity contribution in [3.8, 4) is 10.4 Å². The van der Waals surface area contributed by atoms with E-state index < -0.39 is 10.0 Å². The quantitative estimate of drug-likeness (QED) is 0.725. The van der Waals surface area contributed by atoms with Gasteiger partial charge in [-0.05, 0) is 55.7 Å². The standard InChI is InChI=1S/C20H23FN2O3S2/c1-2-28(25,26)23-13-11-17(12-14-23)22-20(24)10-8-18-7-9-19(27-18)15-3-5-16(21)6-4-15/h3-10,17H,2,11-14H2,1H3,(H,22,24)/b10-8+. The molecule has 1 aromatic heterocycles. The molecular weight excluding hydrogens is 399 g/mol. The predicted octanol–water partition coefficient (Wildman–Crippen LogP) is 3.50. The second kappa shape index (κ2) is 8.98. The first-order valence-electron chi connectivity index (χ1n) is 9.19. The average Bonchev–Trinajstić information content (AvgIpc) is 3.16. The van der Waals surface area contributed by atoms with E-state index in [1.54, 1.807) is 25.1 Å². The molecule has 0 spiro atoms. The number of sulfonamides is 1. The Balaban J connectivity index is 1.52. The van der Waals surface area contributed by atoms with Crippen molar-refractivity contribution in [3.05, 3.63) is 53.2 Å². The van der Waals surface area contributed by atoms with E-state index in [0.29, 0.717) is 25.9 Å². The van der Waals surface area contributed by atoms with Crippen LogP contribution in [0.2, 0.25) is 0 Å². The summed E-state index contributed by atoms with van der Waals surface area (Å²) in [6.45, 7) is 2.52. The Bertz CT molecular complexity index is 944. The maximum atomic E-state index is 13.0. The smallest absolute Gasteiger partial charge is 0.244 e. The number of thiophene rings is 1. The van der Waals surface area contributed by atoms with Crippen molar-refractivity contribution in [2.24, 2.45) is 0 Å². The number of hydrogen-bond acceptors (Lipinski definition) is 4. The molecule has 0 bridgehead atoms. The van der Waals surface area contributed by atoms with Gasteiger partial charge in [-0.1, -0.05) is 12.1 Å². The number of hydrogen-bond donors (Lipinski definition) is 1. The molecule has 0 aliphatic carbocycles. The summed E-state index contributed by atoms with van der Waals surface area (Å²) in [5.41, 5.74) is 0.935. The van der Waals surface area contributed by atoms with Crippen LogP contribution in [0.25, 0.3) is 16.5 Å². The Morgan fingerprint density at radius 1 is 1.21 bits per heavy atom. The van der Waals surface area contributed by atoms with Crippen LogP contribution in [0.4, 0.5) is 4.39 Å². The molecule has 1 aliphatic rings. The molecule has 1 aromatic carbocycles. The van der Waals surface area contributed by atoms with Gasteiger partial charge in [-0.3, -0.25) is 4.79 Å². The van der Waals surface area contributed by atoms with Gasteiger partial charge in [0.25, 0.3) is 0 Å². The third-order valence-corrected chi connectivity index (χ3v) is 7.69. The zero-order valence-electron chi connectivity index (χ0n) is 15.6. The molecule has 3 rings (SSSR count). The number of halogens is 1. The van der Waals surface area contributed by atoms with Gasteiger partial charge in [0.2, 0.25) is 15.9 Å². The van der Waals surface area contributed by atoms with Crippen molar-refractivity contribution in [1.82, 2.24) is 9.62 Å². The first-order chi connectivity index (χ1) is 13.4. The summed E-state index contributed by atoms with van der Waals surface area (Å²) in [5.74, 6) is -0.350. The predicted molar refractivity (Wildman–Crippen MR) is 111 cm³/mol. The highest BCUT2D eigenvalue weighted by Crippen LogP contribution is 2.28. The minimum Gasteiger partial charge on any atom is -0.350 e. The molecule has 1 N–H and O–H groups in total. The van der Waals surface area contributed by atoms with E-state index in [9.17, 15) is 17.6 Å². The van der Waals surface area contributed by atoms with Gasteiger partial charge in [0.1, 0.15) is 5.82 Å². The second-order valence-electron chi connectivity index (χ2n) is 6.62. The number of benzene rings is 1. The van der Waals surface area contributed by atoms with Crippen molar-refractivity contribution in [2.75, 3.05) is 18.8 Å².